The molecule has 0 fully saturated rings. The van der Waals surface area contributed by atoms with Gasteiger partial charge in [0.25, 0.3) is 0 Å². The van der Waals surface area contributed by atoms with Crippen LogP contribution in [0.2, 0.25) is 0 Å². The van der Waals surface area contributed by atoms with Gasteiger partial charge in [0, 0.05) is 19.5 Å². The number of aryl methyl sites for hydroxylation is 1. The minimum atomic E-state index is 0.621. The van der Waals surface area contributed by atoms with Crippen LogP contribution in [0, 0.1) is 0 Å². The monoisotopic (exact) mass is 227 g/mol. The third-order valence-electron chi connectivity index (χ3n) is 2.48. The quantitative estimate of drug-likeness (QED) is 0.718. The minimum Gasteiger partial charge on any atom is -0.495 e. The Morgan fingerprint density at radius 2 is 2.13 bits per heavy atom. The van der Waals surface area contributed by atoms with Gasteiger partial charge in [-0.1, -0.05) is 13.0 Å². The number of halogens is 1. The molecule has 1 aromatic carbocycles. The lowest BCUT2D eigenvalue weighted by molar-refractivity contribution is 0.415. The van der Waals surface area contributed by atoms with E-state index in [0.717, 1.165) is 24.4 Å². The van der Waals surface area contributed by atoms with E-state index in [0.29, 0.717) is 5.88 Å². The second-order valence-electron chi connectivity index (χ2n) is 3.47. The second-order valence-corrected chi connectivity index (χ2v) is 3.85. The topological polar surface area (TPSA) is 12.5 Å². The van der Waals surface area contributed by atoms with Gasteiger partial charge in [-0.3, -0.25) is 0 Å². The minimum absolute atomic E-state index is 0.621. The largest absolute Gasteiger partial charge is 0.495 e. The van der Waals surface area contributed by atoms with Crippen LogP contribution in [-0.4, -0.2) is 26.6 Å². The van der Waals surface area contributed by atoms with Crippen molar-refractivity contribution in [1.29, 1.82) is 0 Å². The third-order valence-corrected chi connectivity index (χ3v) is 2.65. The van der Waals surface area contributed by atoms with E-state index in [9.17, 15) is 0 Å². The molecule has 0 unspecified atom stereocenters. The average Bonchev–Trinajstić information content (AvgIpc) is 2.28. The molecule has 0 saturated carbocycles. The van der Waals surface area contributed by atoms with E-state index in [-0.39, 0.29) is 0 Å². The Morgan fingerprint density at radius 1 is 1.40 bits per heavy atom. The van der Waals surface area contributed by atoms with Gasteiger partial charge in [-0.15, -0.1) is 11.6 Å². The molecule has 3 heteroatoms. The van der Waals surface area contributed by atoms with Crippen LogP contribution in [0.25, 0.3) is 0 Å². The number of nitrogens with zero attached hydrogens (tertiary/aromatic N) is 1. The molecule has 15 heavy (non-hydrogen) atoms. The molecular weight excluding hydrogens is 210 g/mol. The zero-order chi connectivity index (χ0) is 11.3. The van der Waals surface area contributed by atoms with E-state index in [1.165, 1.54) is 5.56 Å². The first-order chi connectivity index (χ1) is 7.22. The van der Waals surface area contributed by atoms with Crippen molar-refractivity contribution in [3.63, 3.8) is 0 Å². The Bertz CT molecular complexity index is 314. The summed E-state index contributed by atoms with van der Waals surface area (Å²) < 4.78 is 5.33. The molecule has 0 aliphatic rings. The number of ether oxygens (including phenoxy) is 1. The van der Waals surface area contributed by atoms with Crippen molar-refractivity contribution in [2.75, 3.05) is 31.5 Å². The van der Waals surface area contributed by atoms with Crippen molar-refractivity contribution < 1.29 is 4.74 Å². The van der Waals surface area contributed by atoms with Crippen LogP contribution in [-0.2, 0) is 6.42 Å². The van der Waals surface area contributed by atoms with Gasteiger partial charge in [-0.2, -0.15) is 0 Å². The lowest BCUT2D eigenvalue weighted by Crippen LogP contribution is -2.20. The molecule has 2 nitrogen and oxygen atoms in total. The van der Waals surface area contributed by atoms with Gasteiger partial charge in [0.1, 0.15) is 5.75 Å². The highest BCUT2D eigenvalue weighted by molar-refractivity contribution is 6.18. The molecule has 84 valence electrons. The Balaban J connectivity index is 3.00. The molecule has 0 radical (unpaired) electrons. The summed E-state index contributed by atoms with van der Waals surface area (Å²) in [6.07, 6.45) is 1.03. The molecule has 0 N–H and O–H groups in total. The lowest BCUT2D eigenvalue weighted by Gasteiger charge is -2.21. The summed E-state index contributed by atoms with van der Waals surface area (Å²) in [5.74, 6) is 1.52. The Kier molecular flexibility index (Phi) is 4.76. The molecule has 0 heterocycles. The maximum Gasteiger partial charge on any atom is 0.142 e. The highest BCUT2D eigenvalue weighted by Crippen LogP contribution is 2.28. The third kappa shape index (κ3) is 3.03. The number of rotatable bonds is 5. The Labute approximate surface area is 96.8 Å². The zero-order valence-electron chi connectivity index (χ0n) is 9.59. The Hall–Kier alpha value is -0.890. The van der Waals surface area contributed by atoms with Crippen molar-refractivity contribution in [2.24, 2.45) is 0 Å². The van der Waals surface area contributed by atoms with Crippen LogP contribution in [0.3, 0.4) is 0 Å². The second kappa shape index (κ2) is 5.86. The van der Waals surface area contributed by atoms with Crippen molar-refractivity contribution >= 4 is 17.3 Å². The summed E-state index contributed by atoms with van der Waals surface area (Å²) in [4.78, 5) is 2.12. The molecule has 0 aliphatic carbocycles. The van der Waals surface area contributed by atoms with E-state index in [1.807, 2.05) is 13.1 Å². The fraction of sp³-hybridized carbons (Fsp3) is 0.500. The summed E-state index contributed by atoms with van der Waals surface area (Å²) in [5.41, 5.74) is 2.42. The molecule has 0 spiro atoms. The Morgan fingerprint density at radius 3 is 2.67 bits per heavy atom. The van der Waals surface area contributed by atoms with E-state index in [2.05, 4.69) is 24.0 Å². The van der Waals surface area contributed by atoms with Crippen LogP contribution in [0.5, 0.6) is 5.75 Å². The predicted molar refractivity (Wildman–Crippen MR) is 66.4 cm³/mol. The van der Waals surface area contributed by atoms with Crippen molar-refractivity contribution in [3.05, 3.63) is 23.8 Å². The summed E-state index contributed by atoms with van der Waals surface area (Å²) in [6, 6.07) is 6.27. The summed E-state index contributed by atoms with van der Waals surface area (Å²) in [7, 11) is 3.72. The standard InChI is InChI=1S/C12H18ClNO/c1-4-10-5-6-12(15-3)11(9-10)14(2)8-7-13/h5-6,9H,4,7-8H2,1-3H3. The number of anilines is 1. The van der Waals surface area contributed by atoms with Crippen LogP contribution < -0.4 is 9.64 Å². The van der Waals surface area contributed by atoms with Gasteiger partial charge < -0.3 is 9.64 Å². The predicted octanol–water partition coefficient (Wildman–Crippen LogP) is 2.93. The van der Waals surface area contributed by atoms with Crippen LogP contribution >= 0.6 is 11.6 Å². The fourth-order valence-corrected chi connectivity index (χ4v) is 1.75. The van der Waals surface area contributed by atoms with E-state index >= 15 is 0 Å². The van der Waals surface area contributed by atoms with Gasteiger partial charge in [-0.25, -0.2) is 0 Å². The van der Waals surface area contributed by atoms with Crippen LogP contribution in [0.15, 0.2) is 18.2 Å². The molecule has 0 atom stereocenters. The number of hydrogen-bond donors (Lipinski definition) is 0. The molecule has 0 aromatic heterocycles. The van der Waals surface area contributed by atoms with Gasteiger partial charge in [0.15, 0.2) is 0 Å². The number of alkyl halides is 1. The number of benzene rings is 1. The molecule has 0 amide bonds. The average molecular weight is 228 g/mol. The number of hydrogen-bond acceptors (Lipinski definition) is 2. The van der Waals surface area contributed by atoms with Gasteiger partial charge in [0.2, 0.25) is 0 Å². The molecule has 0 aliphatic heterocycles. The number of methoxy groups -OCH3 is 1. The highest BCUT2D eigenvalue weighted by Gasteiger charge is 2.08. The summed E-state index contributed by atoms with van der Waals surface area (Å²) in [6.45, 7) is 2.97. The molecule has 1 rings (SSSR count). The molecular formula is C12H18ClNO. The van der Waals surface area contributed by atoms with E-state index < -0.39 is 0 Å². The van der Waals surface area contributed by atoms with Crippen LogP contribution in [0.1, 0.15) is 12.5 Å². The van der Waals surface area contributed by atoms with E-state index in [1.54, 1.807) is 7.11 Å². The highest BCUT2D eigenvalue weighted by atomic mass is 35.5. The maximum atomic E-state index is 5.73. The smallest absolute Gasteiger partial charge is 0.142 e. The van der Waals surface area contributed by atoms with Crippen molar-refractivity contribution in [3.8, 4) is 5.75 Å². The summed E-state index contributed by atoms with van der Waals surface area (Å²) >= 11 is 5.73. The van der Waals surface area contributed by atoms with Crippen molar-refractivity contribution in [1.82, 2.24) is 0 Å². The normalized spacial score (nSPS) is 10.1. The first-order valence-electron chi connectivity index (χ1n) is 5.17. The summed E-state index contributed by atoms with van der Waals surface area (Å²) in [5, 5.41) is 0. The fourth-order valence-electron chi connectivity index (χ4n) is 1.50. The van der Waals surface area contributed by atoms with Gasteiger partial charge in [-0.05, 0) is 24.1 Å². The van der Waals surface area contributed by atoms with E-state index in [4.69, 9.17) is 16.3 Å². The SMILES string of the molecule is CCc1ccc(OC)c(N(C)CCCl)c1. The van der Waals surface area contributed by atoms with Crippen LogP contribution in [0.4, 0.5) is 5.69 Å². The molecule has 0 saturated heterocycles. The lowest BCUT2D eigenvalue weighted by atomic mass is 10.1. The van der Waals surface area contributed by atoms with Gasteiger partial charge >= 0.3 is 0 Å². The van der Waals surface area contributed by atoms with Crippen molar-refractivity contribution in [2.45, 2.75) is 13.3 Å². The molecule has 0 bridgehead atoms. The van der Waals surface area contributed by atoms with Gasteiger partial charge in [0.05, 0.1) is 12.8 Å². The first kappa shape index (κ1) is 12.2. The molecule has 1 aromatic rings. The first-order valence-corrected chi connectivity index (χ1v) is 5.70. The zero-order valence-corrected chi connectivity index (χ0v) is 10.3. The maximum absolute atomic E-state index is 5.73.